The Morgan fingerprint density at radius 3 is 2.70 bits per heavy atom. The summed E-state index contributed by atoms with van der Waals surface area (Å²) in [6, 6.07) is 9.96. The summed E-state index contributed by atoms with van der Waals surface area (Å²) in [6.45, 7) is 5.84. The second-order valence-corrected chi connectivity index (χ2v) is 4.82. The van der Waals surface area contributed by atoms with Crippen LogP contribution in [0.2, 0.25) is 0 Å². The highest BCUT2D eigenvalue weighted by Gasteiger charge is 2.03. The van der Waals surface area contributed by atoms with Crippen molar-refractivity contribution in [1.82, 2.24) is 5.32 Å². The maximum absolute atomic E-state index is 9.74. The molecule has 0 amide bonds. The van der Waals surface area contributed by atoms with Crippen molar-refractivity contribution in [2.45, 2.75) is 32.5 Å². The number of rotatable bonds is 12. The number of ether oxygens (including phenoxy) is 2. The van der Waals surface area contributed by atoms with Gasteiger partial charge in [-0.15, -0.1) is 0 Å². The van der Waals surface area contributed by atoms with E-state index in [2.05, 4.69) is 12.2 Å². The summed E-state index contributed by atoms with van der Waals surface area (Å²) >= 11 is 0. The zero-order valence-corrected chi connectivity index (χ0v) is 12.4. The van der Waals surface area contributed by atoms with E-state index in [4.69, 9.17) is 9.47 Å². The molecule has 0 heterocycles. The van der Waals surface area contributed by atoms with Crippen LogP contribution in [-0.4, -0.2) is 44.1 Å². The molecule has 0 bridgehead atoms. The summed E-state index contributed by atoms with van der Waals surface area (Å²) in [7, 11) is 0. The summed E-state index contributed by atoms with van der Waals surface area (Å²) < 4.78 is 10.9. The number of nitrogens with one attached hydrogen (secondary N) is 1. The van der Waals surface area contributed by atoms with Gasteiger partial charge in [-0.25, -0.2) is 0 Å². The SMILES string of the molecule is CCCCOCCNCC(O)COCc1ccccc1. The van der Waals surface area contributed by atoms with Gasteiger partial charge in [-0.05, 0) is 12.0 Å². The van der Waals surface area contributed by atoms with Crippen LogP contribution in [0.4, 0.5) is 0 Å². The van der Waals surface area contributed by atoms with Crippen molar-refractivity contribution in [1.29, 1.82) is 0 Å². The minimum absolute atomic E-state index is 0.346. The summed E-state index contributed by atoms with van der Waals surface area (Å²) in [5.41, 5.74) is 1.12. The van der Waals surface area contributed by atoms with Crippen molar-refractivity contribution < 1.29 is 14.6 Å². The quantitative estimate of drug-likeness (QED) is 0.575. The van der Waals surface area contributed by atoms with Crippen LogP contribution in [-0.2, 0) is 16.1 Å². The first-order valence-corrected chi connectivity index (χ1v) is 7.41. The fraction of sp³-hybridized carbons (Fsp3) is 0.625. The van der Waals surface area contributed by atoms with Gasteiger partial charge in [-0.2, -0.15) is 0 Å². The molecule has 1 rings (SSSR count). The molecule has 0 aliphatic heterocycles. The summed E-state index contributed by atoms with van der Waals surface area (Å²) in [5, 5.41) is 12.9. The van der Waals surface area contributed by atoms with Gasteiger partial charge >= 0.3 is 0 Å². The van der Waals surface area contributed by atoms with Crippen molar-refractivity contribution >= 4 is 0 Å². The molecule has 0 saturated carbocycles. The third kappa shape index (κ3) is 9.04. The van der Waals surface area contributed by atoms with Gasteiger partial charge in [0.05, 0.1) is 25.9 Å². The highest BCUT2D eigenvalue weighted by atomic mass is 16.5. The second kappa shape index (κ2) is 11.9. The molecule has 0 spiro atoms. The first-order valence-electron chi connectivity index (χ1n) is 7.41. The van der Waals surface area contributed by atoms with E-state index in [9.17, 15) is 5.11 Å². The van der Waals surface area contributed by atoms with E-state index in [1.54, 1.807) is 0 Å². The van der Waals surface area contributed by atoms with Gasteiger partial charge in [-0.1, -0.05) is 43.7 Å². The molecule has 1 atom stereocenters. The molecule has 114 valence electrons. The van der Waals surface area contributed by atoms with E-state index < -0.39 is 6.10 Å². The summed E-state index contributed by atoms with van der Waals surface area (Å²) in [5.74, 6) is 0. The van der Waals surface area contributed by atoms with E-state index in [0.29, 0.717) is 26.4 Å². The first kappa shape index (κ1) is 17.1. The Kier molecular flexibility index (Phi) is 10.1. The number of benzene rings is 1. The molecule has 4 nitrogen and oxygen atoms in total. The predicted molar refractivity (Wildman–Crippen MR) is 80.7 cm³/mol. The smallest absolute Gasteiger partial charge is 0.0897 e. The molecule has 4 heteroatoms. The monoisotopic (exact) mass is 281 g/mol. The van der Waals surface area contributed by atoms with Gasteiger partial charge in [0, 0.05) is 19.7 Å². The molecule has 0 radical (unpaired) electrons. The minimum atomic E-state index is -0.477. The molecule has 2 N–H and O–H groups in total. The topological polar surface area (TPSA) is 50.7 Å². The molecule has 1 aromatic rings. The maximum Gasteiger partial charge on any atom is 0.0897 e. The Labute approximate surface area is 122 Å². The molecule has 0 saturated heterocycles. The van der Waals surface area contributed by atoms with Crippen LogP contribution in [0, 0.1) is 0 Å². The van der Waals surface area contributed by atoms with Crippen LogP contribution < -0.4 is 5.32 Å². The zero-order chi connectivity index (χ0) is 14.5. The van der Waals surface area contributed by atoms with Crippen LogP contribution in [0.1, 0.15) is 25.3 Å². The largest absolute Gasteiger partial charge is 0.389 e. The standard InChI is InChI=1S/C16H27NO3/c1-2-3-10-19-11-9-17-12-16(18)14-20-13-15-7-5-4-6-8-15/h4-8,16-18H,2-3,9-14H2,1H3. The lowest BCUT2D eigenvalue weighted by Gasteiger charge is -2.12. The summed E-state index contributed by atoms with van der Waals surface area (Å²) in [4.78, 5) is 0. The second-order valence-electron chi connectivity index (χ2n) is 4.82. The molecule has 0 fully saturated rings. The fourth-order valence-electron chi connectivity index (χ4n) is 1.71. The molecule has 0 aliphatic rings. The number of aliphatic hydroxyl groups excluding tert-OH is 1. The van der Waals surface area contributed by atoms with Crippen molar-refractivity contribution in [3.63, 3.8) is 0 Å². The normalized spacial score (nSPS) is 12.5. The number of unbranched alkanes of at least 4 members (excludes halogenated alkanes) is 1. The fourth-order valence-corrected chi connectivity index (χ4v) is 1.71. The maximum atomic E-state index is 9.74. The molecule has 0 aromatic heterocycles. The average Bonchev–Trinajstić information content (AvgIpc) is 2.47. The lowest BCUT2D eigenvalue weighted by molar-refractivity contribution is 0.0277. The highest BCUT2D eigenvalue weighted by molar-refractivity contribution is 5.13. The summed E-state index contributed by atoms with van der Waals surface area (Å²) in [6.07, 6.45) is 1.79. The van der Waals surface area contributed by atoms with E-state index >= 15 is 0 Å². The molecular formula is C16H27NO3. The average molecular weight is 281 g/mol. The Morgan fingerprint density at radius 2 is 1.95 bits per heavy atom. The third-order valence-corrected chi connectivity index (χ3v) is 2.87. The predicted octanol–water partition coefficient (Wildman–Crippen LogP) is 1.97. The van der Waals surface area contributed by atoms with Gasteiger partial charge < -0.3 is 19.9 Å². The molecular weight excluding hydrogens is 254 g/mol. The van der Waals surface area contributed by atoms with Crippen molar-refractivity contribution in [3.05, 3.63) is 35.9 Å². The van der Waals surface area contributed by atoms with E-state index in [-0.39, 0.29) is 0 Å². The Hall–Kier alpha value is -0.940. The van der Waals surface area contributed by atoms with Gasteiger partial charge in [-0.3, -0.25) is 0 Å². The van der Waals surface area contributed by atoms with Crippen molar-refractivity contribution in [2.75, 3.05) is 32.9 Å². The van der Waals surface area contributed by atoms with E-state index in [1.807, 2.05) is 30.3 Å². The molecule has 1 aromatic carbocycles. The third-order valence-electron chi connectivity index (χ3n) is 2.87. The Morgan fingerprint density at radius 1 is 1.15 bits per heavy atom. The van der Waals surface area contributed by atoms with Gasteiger partial charge in [0.2, 0.25) is 0 Å². The van der Waals surface area contributed by atoms with Gasteiger partial charge in [0.15, 0.2) is 0 Å². The Balaban J connectivity index is 1.91. The number of aliphatic hydroxyl groups is 1. The zero-order valence-electron chi connectivity index (χ0n) is 12.4. The minimum Gasteiger partial charge on any atom is -0.389 e. The van der Waals surface area contributed by atoms with E-state index in [1.165, 1.54) is 0 Å². The van der Waals surface area contributed by atoms with Crippen LogP contribution in [0.5, 0.6) is 0 Å². The van der Waals surface area contributed by atoms with Gasteiger partial charge in [0.1, 0.15) is 0 Å². The molecule has 0 aliphatic carbocycles. The van der Waals surface area contributed by atoms with Crippen molar-refractivity contribution in [2.24, 2.45) is 0 Å². The number of hydrogen-bond donors (Lipinski definition) is 2. The molecule has 1 unspecified atom stereocenters. The number of hydrogen-bond acceptors (Lipinski definition) is 4. The van der Waals surface area contributed by atoms with Gasteiger partial charge in [0.25, 0.3) is 0 Å². The van der Waals surface area contributed by atoms with Crippen LogP contribution in [0.3, 0.4) is 0 Å². The van der Waals surface area contributed by atoms with Crippen LogP contribution in [0.25, 0.3) is 0 Å². The first-order chi connectivity index (χ1) is 9.83. The highest BCUT2D eigenvalue weighted by Crippen LogP contribution is 2.00. The van der Waals surface area contributed by atoms with Crippen molar-refractivity contribution in [3.8, 4) is 0 Å². The van der Waals surface area contributed by atoms with Crippen LogP contribution in [0.15, 0.2) is 30.3 Å². The van der Waals surface area contributed by atoms with E-state index in [0.717, 1.165) is 31.6 Å². The molecule has 20 heavy (non-hydrogen) atoms. The lowest BCUT2D eigenvalue weighted by Crippen LogP contribution is -2.32. The lowest BCUT2D eigenvalue weighted by atomic mass is 10.2. The Bertz CT molecular complexity index is 319. The van der Waals surface area contributed by atoms with Crippen LogP contribution >= 0.6 is 0 Å².